The molecule has 0 atom stereocenters. The number of nitrogens with two attached hydrogens (primary N) is 1. The Kier molecular flexibility index (Phi) is 4.52. The topological polar surface area (TPSA) is 119 Å². The Morgan fingerprint density at radius 2 is 2.14 bits per heavy atom. The Bertz CT molecular complexity index is 634. The van der Waals surface area contributed by atoms with Crippen molar-refractivity contribution in [1.82, 2.24) is 19.8 Å². The van der Waals surface area contributed by atoms with E-state index in [0.717, 1.165) is 12.8 Å². The van der Waals surface area contributed by atoms with Gasteiger partial charge in [0.2, 0.25) is 15.9 Å². The molecule has 0 spiro atoms. The summed E-state index contributed by atoms with van der Waals surface area (Å²) in [6.45, 7) is 1.83. The van der Waals surface area contributed by atoms with E-state index >= 15 is 0 Å². The third-order valence-electron chi connectivity index (χ3n) is 3.39. The van der Waals surface area contributed by atoms with Crippen LogP contribution in [0.25, 0.3) is 0 Å². The number of nitrogens with zero attached hydrogens (tertiary/aromatic N) is 2. The minimum absolute atomic E-state index is 0.00688. The van der Waals surface area contributed by atoms with E-state index < -0.39 is 10.0 Å². The van der Waals surface area contributed by atoms with Crippen molar-refractivity contribution in [2.75, 3.05) is 12.3 Å². The fourth-order valence-electron chi connectivity index (χ4n) is 2.00. The average molecular weight is 315 g/mol. The standard InChI is InChI=1S/C12H21N5O3S/c1-8-11(12(13)16-17(8)2)21(19,20)14-7-3-4-10(18)15-9-5-6-9/h9,14H,3-7H2,1-2H3,(H2,13,16)(H,15,18). The molecule has 1 fully saturated rings. The lowest BCUT2D eigenvalue weighted by Gasteiger charge is -2.07. The molecule has 0 radical (unpaired) electrons. The van der Waals surface area contributed by atoms with Gasteiger partial charge in [-0.2, -0.15) is 5.10 Å². The molecule has 0 aromatic carbocycles. The number of amides is 1. The highest BCUT2D eigenvalue weighted by Crippen LogP contribution is 2.21. The lowest BCUT2D eigenvalue weighted by molar-refractivity contribution is -0.121. The van der Waals surface area contributed by atoms with Gasteiger partial charge in [-0.3, -0.25) is 9.48 Å². The Morgan fingerprint density at radius 3 is 2.67 bits per heavy atom. The first-order valence-corrected chi connectivity index (χ1v) is 8.37. The van der Waals surface area contributed by atoms with Crippen molar-refractivity contribution in [2.24, 2.45) is 7.05 Å². The lowest BCUT2D eigenvalue weighted by atomic mass is 10.3. The second-order valence-electron chi connectivity index (χ2n) is 5.27. The van der Waals surface area contributed by atoms with Crippen molar-refractivity contribution >= 4 is 21.7 Å². The van der Waals surface area contributed by atoms with E-state index in [1.54, 1.807) is 14.0 Å². The molecule has 1 saturated carbocycles. The van der Waals surface area contributed by atoms with Gasteiger partial charge in [-0.1, -0.05) is 0 Å². The summed E-state index contributed by atoms with van der Waals surface area (Å²) in [6.07, 6.45) is 2.83. The maximum absolute atomic E-state index is 12.2. The zero-order chi connectivity index (χ0) is 15.6. The Labute approximate surface area is 124 Å². The number of aromatic nitrogens is 2. The molecular formula is C12H21N5O3S. The molecule has 1 heterocycles. The summed E-state index contributed by atoms with van der Waals surface area (Å²) in [5.74, 6) is -0.0530. The van der Waals surface area contributed by atoms with Crippen LogP contribution in [0.2, 0.25) is 0 Å². The van der Waals surface area contributed by atoms with E-state index in [9.17, 15) is 13.2 Å². The van der Waals surface area contributed by atoms with Crippen molar-refractivity contribution in [3.8, 4) is 0 Å². The molecule has 4 N–H and O–H groups in total. The van der Waals surface area contributed by atoms with Crippen LogP contribution in [0.4, 0.5) is 5.82 Å². The van der Waals surface area contributed by atoms with Gasteiger partial charge in [-0.15, -0.1) is 0 Å². The molecule has 1 aliphatic rings. The van der Waals surface area contributed by atoms with Crippen LogP contribution in [0.15, 0.2) is 4.90 Å². The predicted molar refractivity (Wildman–Crippen MR) is 77.9 cm³/mol. The van der Waals surface area contributed by atoms with E-state index in [2.05, 4.69) is 15.1 Å². The summed E-state index contributed by atoms with van der Waals surface area (Å²) < 4.78 is 28.2. The van der Waals surface area contributed by atoms with Gasteiger partial charge in [0.15, 0.2) is 5.82 Å². The molecule has 1 amide bonds. The van der Waals surface area contributed by atoms with Crippen LogP contribution in [0.3, 0.4) is 0 Å². The smallest absolute Gasteiger partial charge is 0.246 e. The van der Waals surface area contributed by atoms with Gasteiger partial charge >= 0.3 is 0 Å². The van der Waals surface area contributed by atoms with Crippen LogP contribution in [-0.4, -0.2) is 36.7 Å². The summed E-state index contributed by atoms with van der Waals surface area (Å²) in [5.41, 5.74) is 6.11. The molecular weight excluding hydrogens is 294 g/mol. The molecule has 9 heteroatoms. The third-order valence-corrected chi connectivity index (χ3v) is 5.01. The van der Waals surface area contributed by atoms with E-state index in [1.807, 2.05) is 0 Å². The number of hydrogen-bond acceptors (Lipinski definition) is 5. The molecule has 1 aliphatic carbocycles. The molecule has 0 bridgehead atoms. The molecule has 8 nitrogen and oxygen atoms in total. The summed E-state index contributed by atoms with van der Waals surface area (Å²) in [6, 6.07) is 0.326. The first kappa shape index (κ1) is 15.8. The molecule has 118 valence electrons. The van der Waals surface area contributed by atoms with E-state index in [1.165, 1.54) is 4.68 Å². The number of nitrogens with one attached hydrogen (secondary N) is 2. The zero-order valence-corrected chi connectivity index (χ0v) is 13.0. The van der Waals surface area contributed by atoms with Crippen molar-refractivity contribution in [2.45, 2.75) is 43.5 Å². The molecule has 1 aromatic rings. The van der Waals surface area contributed by atoms with Crippen molar-refractivity contribution < 1.29 is 13.2 Å². The number of sulfonamides is 1. The monoisotopic (exact) mass is 315 g/mol. The van der Waals surface area contributed by atoms with Crippen molar-refractivity contribution in [1.29, 1.82) is 0 Å². The Balaban J connectivity index is 1.85. The number of nitrogen functional groups attached to an aromatic ring is 1. The van der Waals surface area contributed by atoms with E-state index in [4.69, 9.17) is 5.73 Å². The van der Waals surface area contributed by atoms with Gasteiger partial charge in [-0.25, -0.2) is 13.1 Å². The summed E-state index contributed by atoms with van der Waals surface area (Å²) >= 11 is 0. The zero-order valence-electron chi connectivity index (χ0n) is 12.2. The SMILES string of the molecule is Cc1c(S(=O)(=O)NCCCC(=O)NC2CC2)c(N)nn1C. The second-order valence-corrected chi connectivity index (χ2v) is 6.97. The fraction of sp³-hybridized carbons (Fsp3) is 0.667. The maximum atomic E-state index is 12.2. The highest BCUT2D eigenvalue weighted by atomic mass is 32.2. The van der Waals surface area contributed by atoms with Crippen LogP contribution < -0.4 is 15.8 Å². The van der Waals surface area contributed by atoms with Crippen molar-refractivity contribution in [3.05, 3.63) is 5.69 Å². The first-order valence-electron chi connectivity index (χ1n) is 6.89. The highest BCUT2D eigenvalue weighted by Gasteiger charge is 2.25. The number of carbonyl (C=O) groups is 1. The first-order chi connectivity index (χ1) is 9.81. The lowest BCUT2D eigenvalue weighted by Crippen LogP contribution is -2.29. The van der Waals surface area contributed by atoms with Gasteiger partial charge in [0.05, 0.1) is 5.69 Å². The van der Waals surface area contributed by atoms with Gasteiger partial charge in [0, 0.05) is 26.1 Å². The normalized spacial score (nSPS) is 15.1. The second kappa shape index (κ2) is 6.02. The molecule has 2 rings (SSSR count). The molecule has 0 aliphatic heterocycles. The molecule has 0 saturated heterocycles. The quantitative estimate of drug-likeness (QED) is 0.594. The molecule has 1 aromatic heterocycles. The third kappa shape index (κ3) is 3.94. The van der Waals surface area contributed by atoms with Gasteiger partial charge < -0.3 is 11.1 Å². The van der Waals surface area contributed by atoms with Crippen LogP contribution in [0, 0.1) is 6.92 Å². The minimum Gasteiger partial charge on any atom is -0.381 e. The largest absolute Gasteiger partial charge is 0.381 e. The summed E-state index contributed by atoms with van der Waals surface area (Å²) in [4.78, 5) is 11.5. The number of anilines is 1. The van der Waals surface area contributed by atoms with Crippen LogP contribution in [0.5, 0.6) is 0 Å². The highest BCUT2D eigenvalue weighted by molar-refractivity contribution is 7.89. The van der Waals surface area contributed by atoms with Gasteiger partial charge in [0.25, 0.3) is 0 Å². The summed E-state index contributed by atoms with van der Waals surface area (Å²) in [5, 5.41) is 6.74. The number of carbonyl (C=O) groups excluding carboxylic acids is 1. The van der Waals surface area contributed by atoms with Gasteiger partial charge in [0.1, 0.15) is 4.90 Å². The molecule has 0 unspecified atom stereocenters. The maximum Gasteiger partial charge on any atom is 0.246 e. The summed E-state index contributed by atoms with van der Waals surface area (Å²) in [7, 11) is -2.07. The van der Waals surface area contributed by atoms with Crippen LogP contribution in [0.1, 0.15) is 31.4 Å². The molecule has 21 heavy (non-hydrogen) atoms. The number of aryl methyl sites for hydroxylation is 1. The van der Waals surface area contributed by atoms with Crippen molar-refractivity contribution in [3.63, 3.8) is 0 Å². The van der Waals surface area contributed by atoms with Crippen LogP contribution in [-0.2, 0) is 21.9 Å². The van der Waals surface area contributed by atoms with Crippen LogP contribution >= 0.6 is 0 Å². The Morgan fingerprint density at radius 1 is 1.48 bits per heavy atom. The van der Waals surface area contributed by atoms with Gasteiger partial charge in [-0.05, 0) is 26.2 Å². The number of rotatable bonds is 7. The van der Waals surface area contributed by atoms with E-state index in [-0.39, 0.29) is 23.2 Å². The average Bonchev–Trinajstić information content (AvgIpc) is 3.13. The fourth-order valence-corrected chi connectivity index (χ4v) is 3.40. The number of hydrogen-bond donors (Lipinski definition) is 3. The predicted octanol–water partition coefficient (Wildman–Crippen LogP) is -0.352. The van der Waals surface area contributed by atoms with E-state index in [0.29, 0.717) is 24.6 Å². The Hall–Kier alpha value is -1.61. The minimum atomic E-state index is -3.70.